The molecule has 0 aromatic heterocycles. The Morgan fingerprint density at radius 1 is 1.00 bits per heavy atom. The van der Waals surface area contributed by atoms with Crippen LogP contribution in [0.15, 0.2) is 24.3 Å². The Balaban J connectivity index is 1.73. The van der Waals surface area contributed by atoms with E-state index in [1.54, 1.807) is 24.3 Å². The highest BCUT2D eigenvalue weighted by Crippen LogP contribution is 2.11. The van der Waals surface area contributed by atoms with Crippen LogP contribution >= 0.6 is 0 Å². The Kier molecular flexibility index (Phi) is 7.74. The molecule has 1 heterocycles. The van der Waals surface area contributed by atoms with Crippen molar-refractivity contribution < 1.29 is 14.4 Å². The normalized spacial score (nSPS) is 15.5. The molecule has 0 atom stereocenters. The van der Waals surface area contributed by atoms with Gasteiger partial charge in [0.15, 0.2) is 5.78 Å². The Morgan fingerprint density at radius 2 is 1.62 bits per heavy atom. The molecule has 0 radical (unpaired) electrons. The van der Waals surface area contributed by atoms with Crippen LogP contribution < -0.4 is 10.6 Å². The van der Waals surface area contributed by atoms with E-state index in [4.69, 9.17) is 0 Å². The number of amides is 2. The molecule has 7 heteroatoms. The number of hydrogen-bond acceptors (Lipinski definition) is 5. The fourth-order valence-corrected chi connectivity index (χ4v) is 2.85. The van der Waals surface area contributed by atoms with Gasteiger partial charge in [-0.1, -0.05) is 19.1 Å². The summed E-state index contributed by atoms with van der Waals surface area (Å²) in [7, 11) is 0. The number of benzene rings is 1. The summed E-state index contributed by atoms with van der Waals surface area (Å²) >= 11 is 0. The number of anilines is 1. The van der Waals surface area contributed by atoms with E-state index in [0.29, 0.717) is 30.9 Å². The first-order chi connectivity index (χ1) is 12.5. The first-order valence-corrected chi connectivity index (χ1v) is 9.10. The van der Waals surface area contributed by atoms with Crippen LogP contribution in [0, 0.1) is 0 Å². The van der Waals surface area contributed by atoms with E-state index in [-0.39, 0.29) is 17.6 Å². The quantitative estimate of drug-likeness (QED) is 0.675. The minimum atomic E-state index is -0.0974. The lowest BCUT2D eigenvalue weighted by molar-refractivity contribution is -0.123. The average Bonchev–Trinajstić information content (AvgIpc) is 2.61. The Bertz CT molecular complexity index is 639. The van der Waals surface area contributed by atoms with E-state index in [1.807, 2.05) is 6.92 Å². The summed E-state index contributed by atoms with van der Waals surface area (Å²) in [6.45, 7) is 8.01. The largest absolute Gasteiger partial charge is 0.355 e. The zero-order chi connectivity index (χ0) is 18.9. The van der Waals surface area contributed by atoms with E-state index < -0.39 is 0 Å². The summed E-state index contributed by atoms with van der Waals surface area (Å²) < 4.78 is 0. The third-order valence-corrected chi connectivity index (χ3v) is 4.32. The maximum atomic E-state index is 12.2. The number of Topliss-reactive ketones (excluding diaryl/α,β-unsaturated/α-hetero) is 1. The second-order valence-corrected chi connectivity index (χ2v) is 6.59. The van der Waals surface area contributed by atoms with Crippen LogP contribution in [0.25, 0.3) is 0 Å². The summed E-state index contributed by atoms with van der Waals surface area (Å²) in [6.07, 6.45) is 0.934. The Hall–Kier alpha value is -2.25. The predicted octanol–water partition coefficient (Wildman–Crippen LogP) is 0.972. The molecule has 7 nitrogen and oxygen atoms in total. The molecule has 1 aliphatic rings. The predicted molar refractivity (Wildman–Crippen MR) is 101 cm³/mol. The van der Waals surface area contributed by atoms with Crippen LogP contribution in [0.4, 0.5) is 5.69 Å². The van der Waals surface area contributed by atoms with Gasteiger partial charge in [0.1, 0.15) is 0 Å². The van der Waals surface area contributed by atoms with Gasteiger partial charge in [-0.2, -0.15) is 0 Å². The summed E-state index contributed by atoms with van der Waals surface area (Å²) in [5.74, 6) is -0.0663. The molecule has 26 heavy (non-hydrogen) atoms. The van der Waals surface area contributed by atoms with Crippen LogP contribution in [0.5, 0.6) is 0 Å². The first kappa shape index (κ1) is 20.1. The topological polar surface area (TPSA) is 81.8 Å². The van der Waals surface area contributed by atoms with Gasteiger partial charge in [0.05, 0.1) is 13.1 Å². The minimum Gasteiger partial charge on any atom is -0.355 e. The van der Waals surface area contributed by atoms with Crippen molar-refractivity contribution in [2.75, 3.05) is 51.1 Å². The fourth-order valence-electron chi connectivity index (χ4n) is 2.85. The molecule has 2 N–H and O–H groups in total. The third-order valence-electron chi connectivity index (χ3n) is 4.32. The van der Waals surface area contributed by atoms with Gasteiger partial charge in [0.25, 0.3) is 0 Å². The molecule has 1 aliphatic heterocycles. The number of carbonyl (C=O) groups excluding carboxylic acids is 3. The highest BCUT2D eigenvalue weighted by Gasteiger charge is 2.20. The lowest BCUT2D eigenvalue weighted by Gasteiger charge is -2.33. The summed E-state index contributed by atoms with van der Waals surface area (Å²) in [4.78, 5) is 39.6. The van der Waals surface area contributed by atoms with Crippen molar-refractivity contribution in [3.63, 3.8) is 0 Å². The average molecular weight is 360 g/mol. The fraction of sp³-hybridized carbons (Fsp3) is 0.526. The van der Waals surface area contributed by atoms with Crippen LogP contribution in [-0.2, 0) is 9.59 Å². The van der Waals surface area contributed by atoms with Crippen molar-refractivity contribution in [2.45, 2.75) is 20.3 Å². The van der Waals surface area contributed by atoms with Gasteiger partial charge < -0.3 is 10.6 Å². The maximum absolute atomic E-state index is 12.2. The van der Waals surface area contributed by atoms with Gasteiger partial charge in [-0.05, 0) is 25.5 Å². The molecule has 2 amide bonds. The molecule has 1 aromatic carbocycles. The van der Waals surface area contributed by atoms with E-state index in [2.05, 4.69) is 20.4 Å². The van der Waals surface area contributed by atoms with Gasteiger partial charge in [0, 0.05) is 44.0 Å². The van der Waals surface area contributed by atoms with Crippen LogP contribution in [-0.4, -0.2) is 73.2 Å². The third kappa shape index (κ3) is 6.57. The van der Waals surface area contributed by atoms with Crippen molar-refractivity contribution in [1.29, 1.82) is 0 Å². The number of ketones is 1. The number of hydrogen-bond donors (Lipinski definition) is 2. The molecule has 1 saturated heterocycles. The number of nitrogens with zero attached hydrogens (tertiary/aromatic N) is 2. The standard InChI is InChI=1S/C19H28N4O3/c1-3-7-20-18(25)13-22-8-10-23(11-9-22)14-19(26)21-17-6-4-5-16(12-17)15(2)24/h4-6,12H,3,7-11,13-14H2,1-2H3,(H,20,25)(H,21,26). The van der Waals surface area contributed by atoms with Crippen molar-refractivity contribution in [1.82, 2.24) is 15.1 Å². The summed E-state index contributed by atoms with van der Waals surface area (Å²) in [5, 5.41) is 5.72. The lowest BCUT2D eigenvalue weighted by Crippen LogP contribution is -2.51. The highest BCUT2D eigenvalue weighted by molar-refractivity contribution is 5.97. The molecule has 142 valence electrons. The monoisotopic (exact) mass is 360 g/mol. The molecule has 0 unspecified atom stereocenters. The number of carbonyl (C=O) groups is 3. The van der Waals surface area contributed by atoms with E-state index in [0.717, 1.165) is 32.6 Å². The maximum Gasteiger partial charge on any atom is 0.238 e. The van der Waals surface area contributed by atoms with Gasteiger partial charge in [0.2, 0.25) is 11.8 Å². The molecular weight excluding hydrogens is 332 g/mol. The van der Waals surface area contributed by atoms with Crippen LogP contribution in [0.1, 0.15) is 30.6 Å². The van der Waals surface area contributed by atoms with Gasteiger partial charge >= 0.3 is 0 Å². The van der Waals surface area contributed by atoms with Crippen molar-refractivity contribution in [3.8, 4) is 0 Å². The van der Waals surface area contributed by atoms with Crippen molar-refractivity contribution in [3.05, 3.63) is 29.8 Å². The van der Waals surface area contributed by atoms with Gasteiger partial charge in [-0.3, -0.25) is 24.2 Å². The molecule has 0 aliphatic carbocycles. The van der Waals surface area contributed by atoms with Gasteiger partial charge in [-0.15, -0.1) is 0 Å². The smallest absolute Gasteiger partial charge is 0.238 e. The molecule has 1 aromatic rings. The zero-order valence-electron chi connectivity index (χ0n) is 15.6. The highest BCUT2D eigenvalue weighted by atomic mass is 16.2. The number of piperazine rings is 1. The van der Waals surface area contributed by atoms with E-state index >= 15 is 0 Å². The number of nitrogens with one attached hydrogen (secondary N) is 2. The lowest BCUT2D eigenvalue weighted by atomic mass is 10.1. The SMILES string of the molecule is CCCNC(=O)CN1CCN(CC(=O)Nc2cccc(C(C)=O)c2)CC1. The second-order valence-electron chi connectivity index (χ2n) is 6.59. The molecule has 0 bridgehead atoms. The van der Waals surface area contributed by atoms with Crippen molar-refractivity contribution >= 4 is 23.3 Å². The van der Waals surface area contributed by atoms with Crippen LogP contribution in [0.2, 0.25) is 0 Å². The molecule has 0 saturated carbocycles. The summed E-state index contributed by atoms with van der Waals surface area (Å²) in [5.41, 5.74) is 1.21. The Morgan fingerprint density at radius 3 is 2.19 bits per heavy atom. The molecule has 1 fully saturated rings. The second kappa shape index (κ2) is 10.0. The molecular formula is C19H28N4O3. The van der Waals surface area contributed by atoms with Crippen LogP contribution in [0.3, 0.4) is 0 Å². The van der Waals surface area contributed by atoms with E-state index in [9.17, 15) is 14.4 Å². The first-order valence-electron chi connectivity index (χ1n) is 9.10. The molecule has 0 spiro atoms. The van der Waals surface area contributed by atoms with E-state index in [1.165, 1.54) is 6.92 Å². The minimum absolute atomic E-state index is 0.0276. The zero-order valence-corrected chi connectivity index (χ0v) is 15.6. The van der Waals surface area contributed by atoms with Gasteiger partial charge in [-0.25, -0.2) is 0 Å². The van der Waals surface area contributed by atoms with Crippen molar-refractivity contribution in [2.24, 2.45) is 0 Å². The summed E-state index contributed by atoms with van der Waals surface area (Å²) in [6, 6.07) is 6.95. The number of rotatable bonds is 8. The molecule has 2 rings (SSSR count). The Labute approximate surface area is 154 Å².